The van der Waals surface area contributed by atoms with Crippen molar-refractivity contribution in [3.8, 4) is 0 Å². The quantitative estimate of drug-likeness (QED) is 0.506. The average molecular weight is 325 g/mol. The van der Waals surface area contributed by atoms with E-state index in [4.69, 9.17) is 28.6 Å². The van der Waals surface area contributed by atoms with Gasteiger partial charge in [0.2, 0.25) is 5.82 Å². The number of nitro groups is 1. The molecule has 2 rings (SSSR count). The van der Waals surface area contributed by atoms with Gasteiger partial charge in [0.25, 0.3) is 0 Å². The van der Waals surface area contributed by atoms with Gasteiger partial charge in [0.05, 0.1) is 21.2 Å². The van der Waals surface area contributed by atoms with Gasteiger partial charge < -0.3 is 10.7 Å². The lowest BCUT2D eigenvalue weighted by atomic mass is 10.1. The Kier molecular flexibility index (Phi) is 4.72. The predicted molar refractivity (Wildman–Crippen MR) is 82.7 cm³/mol. The molecule has 0 amide bonds. The summed E-state index contributed by atoms with van der Waals surface area (Å²) < 4.78 is 0. The van der Waals surface area contributed by atoms with Crippen LogP contribution in [-0.2, 0) is 6.42 Å². The van der Waals surface area contributed by atoms with E-state index < -0.39 is 10.6 Å². The minimum absolute atomic E-state index is 0.0351. The molecule has 0 fully saturated rings. The second-order valence-electron chi connectivity index (χ2n) is 4.18. The van der Waals surface area contributed by atoms with Crippen molar-refractivity contribution >= 4 is 35.6 Å². The fourth-order valence-electron chi connectivity index (χ4n) is 1.71. The smallest absolute Gasteiger partial charge is 0.328 e. The summed E-state index contributed by atoms with van der Waals surface area (Å²) in [6.07, 6.45) is 4.33. The molecule has 0 saturated heterocycles. The third-order valence-corrected chi connectivity index (χ3v) is 3.46. The van der Waals surface area contributed by atoms with Crippen molar-refractivity contribution in [3.63, 3.8) is 0 Å². The summed E-state index contributed by atoms with van der Waals surface area (Å²) in [7, 11) is 0. The molecule has 1 heterocycles. The molecule has 6 nitrogen and oxygen atoms in total. The first-order valence-corrected chi connectivity index (χ1v) is 6.59. The largest absolute Gasteiger partial charge is 0.341 e. The van der Waals surface area contributed by atoms with E-state index in [1.807, 2.05) is 6.07 Å². The van der Waals surface area contributed by atoms with Crippen LogP contribution in [0.3, 0.4) is 0 Å². The summed E-state index contributed by atoms with van der Waals surface area (Å²) in [5.74, 6) is 0.0351. The maximum Gasteiger partial charge on any atom is 0.328 e. The number of hydrogen-bond acceptors (Lipinski definition) is 5. The Balaban J connectivity index is 2.14. The molecule has 8 heteroatoms. The van der Waals surface area contributed by atoms with E-state index in [9.17, 15) is 10.1 Å². The molecule has 0 aliphatic carbocycles. The molecular formula is C13H10Cl2N4O2. The van der Waals surface area contributed by atoms with Crippen molar-refractivity contribution in [1.29, 1.82) is 5.41 Å². The van der Waals surface area contributed by atoms with Gasteiger partial charge in [-0.05, 0) is 23.3 Å². The molecule has 1 aromatic rings. The van der Waals surface area contributed by atoms with Crippen LogP contribution < -0.4 is 5.32 Å². The lowest BCUT2D eigenvalue weighted by molar-refractivity contribution is -0.415. The van der Waals surface area contributed by atoms with Gasteiger partial charge in [0.15, 0.2) is 0 Å². The number of nitrogens with zero attached hydrogens (tertiary/aromatic N) is 2. The third kappa shape index (κ3) is 3.68. The number of rotatable bonds is 4. The molecule has 0 aromatic heterocycles. The first kappa shape index (κ1) is 15.2. The van der Waals surface area contributed by atoms with Gasteiger partial charge in [-0.25, -0.2) is 4.99 Å². The van der Waals surface area contributed by atoms with Gasteiger partial charge in [-0.15, -0.1) is 0 Å². The van der Waals surface area contributed by atoms with Crippen LogP contribution in [0.2, 0.25) is 10.0 Å². The molecule has 2 N–H and O–H groups in total. The molecule has 1 aliphatic rings. The first-order valence-electron chi connectivity index (χ1n) is 5.84. The van der Waals surface area contributed by atoms with E-state index >= 15 is 0 Å². The van der Waals surface area contributed by atoms with E-state index in [0.29, 0.717) is 22.7 Å². The highest BCUT2D eigenvalue weighted by molar-refractivity contribution is 6.42. The van der Waals surface area contributed by atoms with Gasteiger partial charge in [-0.2, -0.15) is 0 Å². The molecule has 0 spiro atoms. The maximum atomic E-state index is 10.7. The Bertz CT molecular complexity index is 695. The molecule has 0 unspecified atom stereocenters. The van der Waals surface area contributed by atoms with Crippen LogP contribution in [0.1, 0.15) is 5.56 Å². The second-order valence-corrected chi connectivity index (χ2v) is 5.00. The monoisotopic (exact) mass is 324 g/mol. The molecular weight excluding hydrogens is 315 g/mol. The van der Waals surface area contributed by atoms with E-state index in [2.05, 4.69) is 10.3 Å². The topological polar surface area (TPSA) is 91.4 Å². The molecule has 21 heavy (non-hydrogen) atoms. The SMILES string of the molecule is N=C/C(=C1/N=CC(Cc2ccc(Cl)c(Cl)c2)=CN1)[N+](=O)[O-]. The summed E-state index contributed by atoms with van der Waals surface area (Å²) in [6, 6.07) is 5.30. The zero-order valence-corrected chi connectivity index (χ0v) is 12.1. The van der Waals surface area contributed by atoms with Crippen molar-refractivity contribution in [2.24, 2.45) is 4.99 Å². The fraction of sp³-hybridized carbons (Fsp3) is 0.0769. The lowest BCUT2D eigenvalue weighted by Gasteiger charge is -2.10. The number of nitrogens with one attached hydrogen (secondary N) is 2. The molecule has 108 valence electrons. The molecule has 0 bridgehead atoms. The van der Waals surface area contributed by atoms with Gasteiger partial charge in [-0.1, -0.05) is 29.3 Å². The highest BCUT2D eigenvalue weighted by atomic mass is 35.5. The predicted octanol–water partition coefficient (Wildman–Crippen LogP) is 3.19. The van der Waals surface area contributed by atoms with Gasteiger partial charge in [0.1, 0.15) is 0 Å². The van der Waals surface area contributed by atoms with Crippen molar-refractivity contribution in [3.05, 3.63) is 67.2 Å². The normalized spacial score (nSPS) is 16.0. The highest BCUT2D eigenvalue weighted by Gasteiger charge is 2.16. The van der Waals surface area contributed by atoms with Gasteiger partial charge >= 0.3 is 5.70 Å². The van der Waals surface area contributed by atoms with Crippen LogP contribution in [0.25, 0.3) is 0 Å². The van der Waals surface area contributed by atoms with Gasteiger partial charge in [-0.3, -0.25) is 10.1 Å². The van der Waals surface area contributed by atoms with Crippen LogP contribution in [0.5, 0.6) is 0 Å². The van der Waals surface area contributed by atoms with Crippen LogP contribution >= 0.6 is 23.2 Å². The Morgan fingerprint density at radius 2 is 2.19 bits per heavy atom. The Hall–Kier alpha value is -2.18. The molecule has 1 aromatic carbocycles. The standard InChI is InChI=1S/C13H10Cl2N4O2/c14-10-2-1-8(4-11(10)15)3-9-6-17-13(18-7-9)12(5-16)19(20)21/h1-2,4-7,16-17H,3H2/b13-12-,16-5?. The van der Waals surface area contributed by atoms with Crippen LogP contribution in [-0.4, -0.2) is 17.4 Å². The van der Waals surface area contributed by atoms with Crippen molar-refractivity contribution < 1.29 is 4.92 Å². The fourth-order valence-corrected chi connectivity index (χ4v) is 2.03. The van der Waals surface area contributed by atoms with Crippen molar-refractivity contribution in [1.82, 2.24) is 5.32 Å². The zero-order valence-electron chi connectivity index (χ0n) is 10.6. The van der Waals surface area contributed by atoms with Gasteiger partial charge in [0, 0.05) is 18.8 Å². The number of hydrogen-bond donors (Lipinski definition) is 2. The van der Waals surface area contributed by atoms with Crippen LogP contribution in [0.15, 0.2) is 46.5 Å². The Morgan fingerprint density at radius 3 is 2.71 bits per heavy atom. The molecule has 0 radical (unpaired) electrons. The second kappa shape index (κ2) is 6.51. The third-order valence-electron chi connectivity index (χ3n) is 2.72. The molecule has 0 saturated carbocycles. The number of halogens is 2. The average Bonchev–Trinajstić information content (AvgIpc) is 2.45. The summed E-state index contributed by atoms with van der Waals surface area (Å²) in [5, 5.41) is 21.4. The van der Waals surface area contributed by atoms with E-state index in [1.165, 1.54) is 6.21 Å². The maximum absolute atomic E-state index is 10.7. The first-order chi connectivity index (χ1) is 10.0. The Morgan fingerprint density at radius 1 is 1.43 bits per heavy atom. The number of aliphatic imine (C=N–C) groups is 1. The summed E-state index contributed by atoms with van der Waals surface area (Å²) >= 11 is 11.8. The minimum atomic E-state index is -0.662. The number of benzene rings is 1. The zero-order chi connectivity index (χ0) is 15.4. The van der Waals surface area contributed by atoms with E-state index in [0.717, 1.165) is 11.1 Å². The summed E-state index contributed by atoms with van der Waals surface area (Å²) in [5.41, 5.74) is 1.37. The van der Waals surface area contributed by atoms with Crippen molar-refractivity contribution in [2.75, 3.05) is 0 Å². The van der Waals surface area contributed by atoms with Crippen molar-refractivity contribution in [2.45, 2.75) is 6.42 Å². The summed E-state index contributed by atoms with van der Waals surface area (Å²) in [4.78, 5) is 14.0. The molecule has 0 atom stereocenters. The molecule has 1 aliphatic heterocycles. The van der Waals surface area contributed by atoms with Crippen LogP contribution in [0, 0.1) is 15.5 Å². The highest BCUT2D eigenvalue weighted by Crippen LogP contribution is 2.24. The van der Waals surface area contributed by atoms with E-state index in [-0.39, 0.29) is 5.82 Å². The van der Waals surface area contributed by atoms with E-state index in [1.54, 1.807) is 18.3 Å². The number of allylic oxidation sites excluding steroid dienone is 2. The summed E-state index contributed by atoms with van der Waals surface area (Å²) in [6.45, 7) is 0. The lowest BCUT2D eigenvalue weighted by Crippen LogP contribution is -2.17. The Labute approximate surface area is 130 Å². The van der Waals surface area contributed by atoms with Crippen LogP contribution in [0.4, 0.5) is 0 Å². The minimum Gasteiger partial charge on any atom is -0.341 e.